The van der Waals surface area contributed by atoms with Gasteiger partial charge in [-0.25, -0.2) is 0 Å². The number of rotatable bonds is 6. The van der Waals surface area contributed by atoms with Gasteiger partial charge in [0.05, 0.1) is 10.8 Å². The normalized spacial score (nSPS) is 16.1. The molecule has 0 unspecified atom stereocenters. The molecule has 9 heteroatoms. The molecule has 144 valence electrons. The summed E-state index contributed by atoms with van der Waals surface area (Å²) in [7, 11) is 0. The van der Waals surface area contributed by atoms with Crippen LogP contribution in [0.5, 0.6) is 0 Å². The summed E-state index contributed by atoms with van der Waals surface area (Å²) >= 11 is 5.77. The van der Waals surface area contributed by atoms with Gasteiger partial charge >= 0.3 is 5.97 Å². The van der Waals surface area contributed by atoms with Crippen LogP contribution >= 0.6 is 11.6 Å². The van der Waals surface area contributed by atoms with Crippen LogP contribution in [0, 0.1) is 16.0 Å². The van der Waals surface area contributed by atoms with Gasteiger partial charge in [-0.15, -0.1) is 0 Å². The Kier molecular flexibility index (Phi) is 5.70. The molecular formula is C19H15ClN2O6. The second-order valence-corrected chi connectivity index (χ2v) is 6.65. The number of nitro benzene ring substituents is 1. The van der Waals surface area contributed by atoms with Crippen molar-refractivity contribution in [3.05, 3.63) is 69.2 Å². The smallest absolute Gasteiger partial charge is 0.311 e. The molecule has 1 aliphatic heterocycles. The van der Waals surface area contributed by atoms with Gasteiger partial charge in [-0.3, -0.25) is 24.5 Å². The van der Waals surface area contributed by atoms with Gasteiger partial charge in [0.2, 0.25) is 5.91 Å². The monoisotopic (exact) mass is 402 g/mol. The molecule has 2 aromatic rings. The SMILES string of the molecule is O=C(COC(=O)[C@H]1CC(=O)N(c2ccc([N+](=O)[O-])cc2)C1)c1ccc(Cl)cc1. The van der Waals surface area contributed by atoms with Crippen molar-refractivity contribution < 1.29 is 24.0 Å². The van der Waals surface area contributed by atoms with Crippen molar-refractivity contribution >= 4 is 40.6 Å². The lowest BCUT2D eigenvalue weighted by Gasteiger charge is -2.16. The molecule has 0 spiro atoms. The number of anilines is 1. The van der Waals surface area contributed by atoms with Gasteiger partial charge in [0.15, 0.2) is 12.4 Å². The number of hydrogen-bond acceptors (Lipinski definition) is 6. The van der Waals surface area contributed by atoms with Gasteiger partial charge in [0, 0.05) is 41.4 Å². The lowest BCUT2D eigenvalue weighted by Crippen LogP contribution is -2.27. The van der Waals surface area contributed by atoms with E-state index in [1.807, 2.05) is 0 Å². The number of carbonyl (C=O) groups is 3. The molecule has 8 nitrogen and oxygen atoms in total. The minimum atomic E-state index is -0.708. The number of nitrogens with zero attached hydrogens (tertiary/aromatic N) is 2. The van der Waals surface area contributed by atoms with E-state index >= 15 is 0 Å². The van der Waals surface area contributed by atoms with E-state index in [2.05, 4.69) is 0 Å². The Morgan fingerprint density at radius 1 is 1.14 bits per heavy atom. The number of halogens is 1. The van der Waals surface area contributed by atoms with E-state index in [9.17, 15) is 24.5 Å². The summed E-state index contributed by atoms with van der Waals surface area (Å²) < 4.78 is 5.07. The van der Waals surface area contributed by atoms with Gasteiger partial charge < -0.3 is 9.64 Å². The zero-order valence-corrected chi connectivity index (χ0v) is 15.3. The van der Waals surface area contributed by atoms with Crippen LogP contribution in [0.3, 0.4) is 0 Å². The summed E-state index contributed by atoms with van der Waals surface area (Å²) in [6.45, 7) is -0.340. The van der Waals surface area contributed by atoms with Crippen LogP contribution in [0.4, 0.5) is 11.4 Å². The van der Waals surface area contributed by atoms with Gasteiger partial charge in [-0.05, 0) is 36.4 Å². The van der Waals surface area contributed by atoms with Crippen LogP contribution in [-0.2, 0) is 14.3 Å². The number of ether oxygens (including phenoxy) is 1. The van der Waals surface area contributed by atoms with E-state index in [1.165, 1.54) is 41.3 Å². The van der Waals surface area contributed by atoms with Gasteiger partial charge in [0.1, 0.15) is 0 Å². The number of amides is 1. The predicted octanol–water partition coefficient (Wildman–Crippen LogP) is 3.03. The molecule has 28 heavy (non-hydrogen) atoms. The van der Waals surface area contributed by atoms with Crippen molar-refractivity contribution in [2.45, 2.75) is 6.42 Å². The Morgan fingerprint density at radius 2 is 1.79 bits per heavy atom. The summed E-state index contributed by atoms with van der Waals surface area (Å²) in [4.78, 5) is 48.1. The highest BCUT2D eigenvalue weighted by Gasteiger charge is 2.36. The third kappa shape index (κ3) is 4.34. The van der Waals surface area contributed by atoms with E-state index in [1.54, 1.807) is 12.1 Å². The number of Topliss-reactive ketones (excluding diaryl/α,β-unsaturated/α-hetero) is 1. The Morgan fingerprint density at radius 3 is 2.39 bits per heavy atom. The Hall–Kier alpha value is -3.26. The highest BCUT2D eigenvalue weighted by molar-refractivity contribution is 6.30. The maximum atomic E-state index is 12.2. The van der Waals surface area contributed by atoms with Crippen LogP contribution in [0.15, 0.2) is 48.5 Å². The van der Waals surface area contributed by atoms with Crippen LogP contribution < -0.4 is 4.90 Å². The lowest BCUT2D eigenvalue weighted by molar-refractivity contribution is -0.384. The fourth-order valence-electron chi connectivity index (χ4n) is 2.84. The molecule has 1 saturated heterocycles. The van der Waals surface area contributed by atoms with E-state index in [-0.39, 0.29) is 30.3 Å². The second kappa shape index (κ2) is 8.18. The van der Waals surface area contributed by atoms with Crippen molar-refractivity contribution in [3.63, 3.8) is 0 Å². The molecule has 1 fully saturated rings. The average Bonchev–Trinajstić information content (AvgIpc) is 3.08. The number of ketones is 1. The van der Waals surface area contributed by atoms with Gasteiger partial charge in [0.25, 0.3) is 5.69 Å². The Balaban J connectivity index is 1.58. The molecular weight excluding hydrogens is 388 g/mol. The molecule has 3 rings (SSSR count). The van der Waals surface area contributed by atoms with E-state index in [0.29, 0.717) is 16.3 Å². The Bertz CT molecular complexity index is 926. The first-order chi connectivity index (χ1) is 13.3. The zero-order chi connectivity index (χ0) is 20.3. The Labute approximate surface area is 164 Å². The number of nitro groups is 1. The predicted molar refractivity (Wildman–Crippen MR) is 100 cm³/mol. The maximum Gasteiger partial charge on any atom is 0.311 e. The summed E-state index contributed by atoms with van der Waals surface area (Å²) in [5.74, 6) is -2.01. The minimum absolute atomic E-state index is 0.0506. The third-order valence-electron chi connectivity index (χ3n) is 4.34. The van der Waals surface area contributed by atoms with Crippen molar-refractivity contribution in [1.82, 2.24) is 0 Å². The topological polar surface area (TPSA) is 107 Å². The molecule has 0 N–H and O–H groups in total. The molecule has 1 aliphatic rings. The minimum Gasteiger partial charge on any atom is -0.457 e. The largest absolute Gasteiger partial charge is 0.457 e. The van der Waals surface area contributed by atoms with Crippen molar-refractivity contribution in [2.24, 2.45) is 5.92 Å². The molecule has 0 saturated carbocycles. The van der Waals surface area contributed by atoms with Crippen molar-refractivity contribution in [1.29, 1.82) is 0 Å². The fraction of sp³-hybridized carbons (Fsp3) is 0.211. The second-order valence-electron chi connectivity index (χ2n) is 6.22. The van der Waals surface area contributed by atoms with E-state index in [4.69, 9.17) is 16.3 Å². The first-order valence-corrected chi connectivity index (χ1v) is 8.73. The molecule has 2 aromatic carbocycles. The van der Waals surface area contributed by atoms with Crippen molar-refractivity contribution in [3.8, 4) is 0 Å². The first kappa shape index (κ1) is 19.5. The van der Waals surface area contributed by atoms with E-state index in [0.717, 1.165) is 0 Å². The van der Waals surface area contributed by atoms with Crippen LogP contribution in [0.1, 0.15) is 16.8 Å². The van der Waals surface area contributed by atoms with Gasteiger partial charge in [-0.1, -0.05) is 11.6 Å². The molecule has 0 aliphatic carbocycles. The van der Waals surface area contributed by atoms with Crippen LogP contribution in [0.25, 0.3) is 0 Å². The summed E-state index contributed by atoms with van der Waals surface area (Å²) in [6.07, 6.45) is -0.0506. The summed E-state index contributed by atoms with van der Waals surface area (Å²) in [5, 5.41) is 11.2. The van der Waals surface area contributed by atoms with Gasteiger partial charge in [-0.2, -0.15) is 0 Å². The van der Waals surface area contributed by atoms with Crippen LogP contribution in [0.2, 0.25) is 5.02 Å². The molecule has 0 radical (unpaired) electrons. The molecule has 0 bridgehead atoms. The molecule has 0 aromatic heterocycles. The highest BCUT2D eigenvalue weighted by atomic mass is 35.5. The standard InChI is InChI=1S/C19H15ClN2O6/c20-14-3-1-12(2-4-14)17(23)11-28-19(25)13-9-18(24)21(10-13)15-5-7-16(8-6-15)22(26)27/h1-8,13H,9-11H2/t13-/m0/s1. The quantitative estimate of drug-likeness (QED) is 0.318. The maximum absolute atomic E-state index is 12.2. The number of esters is 1. The molecule has 1 heterocycles. The molecule has 1 atom stereocenters. The summed E-state index contributed by atoms with van der Waals surface area (Å²) in [6, 6.07) is 11.7. The van der Waals surface area contributed by atoms with Crippen LogP contribution in [-0.4, -0.2) is 35.7 Å². The number of non-ortho nitro benzene ring substituents is 1. The lowest BCUT2D eigenvalue weighted by atomic mass is 10.1. The molecule has 1 amide bonds. The third-order valence-corrected chi connectivity index (χ3v) is 4.59. The van der Waals surface area contributed by atoms with Crippen molar-refractivity contribution in [2.75, 3.05) is 18.1 Å². The highest BCUT2D eigenvalue weighted by Crippen LogP contribution is 2.27. The number of carbonyl (C=O) groups excluding carboxylic acids is 3. The number of hydrogen-bond donors (Lipinski definition) is 0. The summed E-state index contributed by atoms with van der Waals surface area (Å²) in [5.41, 5.74) is 0.738. The first-order valence-electron chi connectivity index (χ1n) is 8.35. The van der Waals surface area contributed by atoms with E-state index < -0.39 is 23.4 Å². The zero-order valence-electron chi connectivity index (χ0n) is 14.5. The fourth-order valence-corrected chi connectivity index (χ4v) is 2.97. The average molecular weight is 403 g/mol. The number of benzene rings is 2.